The molecule has 2 aromatic rings. The van der Waals surface area contributed by atoms with Crippen molar-refractivity contribution in [3.63, 3.8) is 0 Å². The van der Waals surface area contributed by atoms with Crippen LogP contribution in [0.2, 0.25) is 0 Å². The van der Waals surface area contributed by atoms with Gasteiger partial charge in [-0.2, -0.15) is 0 Å². The lowest BCUT2D eigenvalue weighted by Crippen LogP contribution is -2.32. The lowest BCUT2D eigenvalue weighted by Gasteiger charge is -2.11. The largest absolute Gasteiger partial charge is 0.320 e. The lowest BCUT2D eigenvalue weighted by molar-refractivity contribution is -0.113. The van der Waals surface area contributed by atoms with Gasteiger partial charge in [0.15, 0.2) is 0 Å². The molecule has 2 atom stereocenters. The van der Waals surface area contributed by atoms with Crippen molar-refractivity contribution in [3.8, 4) is 0 Å². The Kier molecular flexibility index (Phi) is 7.52. The fourth-order valence-corrected chi connectivity index (χ4v) is 3.92. The maximum Gasteiger partial charge on any atom is 0.216 e. The molecule has 0 bridgehead atoms. The summed E-state index contributed by atoms with van der Waals surface area (Å²) in [5.41, 5.74) is 13.8. The normalized spacial score (nSPS) is 13.2. The van der Waals surface area contributed by atoms with Crippen LogP contribution in [0.1, 0.15) is 11.1 Å². The zero-order chi connectivity index (χ0) is 17.4. The van der Waals surface area contributed by atoms with Crippen LogP contribution in [-0.2, 0) is 22.4 Å². The maximum absolute atomic E-state index is 12.1. The van der Waals surface area contributed by atoms with Crippen molar-refractivity contribution in [1.29, 1.82) is 0 Å². The van der Waals surface area contributed by atoms with Crippen molar-refractivity contribution in [2.75, 3.05) is 0 Å². The predicted octanol–water partition coefficient (Wildman–Crippen LogP) is 2.56. The Labute approximate surface area is 149 Å². The highest BCUT2D eigenvalue weighted by molar-refractivity contribution is 8.87. The van der Waals surface area contributed by atoms with Crippen molar-refractivity contribution < 1.29 is 9.59 Å². The van der Waals surface area contributed by atoms with E-state index >= 15 is 0 Å². The maximum atomic E-state index is 12.1. The van der Waals surface area contributed by atoms with Crippen LogP contribution in [0.3, 0.4) is 0 Å². The molecule has 0 saturated heterocycles. The molecule has 0 saturated carbocycles. The average Bonchev–Trinajstić information content (AvgIpc) is 2.61. The quantitative estimate of drug-likeness (QED) is 0.770. The molecule has 4 N–H and O–H groups in total. The van der Waals surface area contributed by atoms with E-state index in [1.165, 1.54) is 0 Å². The summed E-state index contributed by atoms with van der Waals surface area (Å²) in [6.07, 6.45) is 0.912. The average molecular weight is 361 g/mol. The van der Waals surface area contributed by atoms with E-state index in [2.05, 4.69) is 0 Å². The second-order valence-corrected chi connectivity index (χ2v) is 7.54. The smallest absolute Gasteiger partial charge is 0.216 e. The Morgan fingerprint density at radius 1 is 0.708 bits per heavy atom. The van der Waals surface area contributed by atoms with Crippen LogP contribution in [-0.4, -0.2) is 22.3 Å². The van der Waals surface area contributed by atoms with E-state index in [1.54, 1.807) is 0 Å². The summed E-state index contributed by atoms with van der Waals surface area (Å²) >= 11 is 0. The lowest BCUT2D eigenvalue weighted by atomic mass is 10.1. The molecule has 0 radical (unpaired) electrons. The third-order valence-electron chi connectivity index (χ3n) is 3.41. The number of nitrogens with two attached hydrogens (primary N) is 2. The minimum atomic E-state index is -0.636. The summed E-state index contributed by atoms with van der Waals surface area (Å²) in [5, 5.41) is -0.437. The van der Waals surface area contributed by atoms with Crippen LogP contribution in [0.15, 0.2) is 60.7 Å². The van der Waals surface area contributed by atoms with E-state index in [9.17, 15) is 9.59 Å². The zero-order valence-electron chi connectivity index (χ0n) is 13.1. The van der Waals surface area contributed by atoms with Crippen LogP contribution < -0.4 is 11.5 Å². The SMILES string of the molecule is N[C@@H](Cc1ccccc1)C(=O)SSC(=O)[C@@H](N)Cc1ccccc1. The first kappa shape index (κ1) is 18.7. The fraction of sp³-hybridized carbons (Fsp3) is 0.222. The van der Waals surface area contributed by atoms with Gasteiger partial charge in [-0.05, 0) is 45.6 Å². The first-order chi connectivity index (χ1) is 11.6. The van der Waals surface area contributed by atoms with Gasteiger partial charge in [-0.3, -0.25) is 9.59 Å². The summed E-state index contributed by atoms with van der Waals surface area (Å²) in [4.78, 5) is 24.1. The molecule has 0 spiro atoms. The number of rotatable bonds is 6. The Morgan fingerprint density at radius 2 is 1.04 bits per heavy atom. The summed E-state index contributed by atoms with van der Waals surface area (Å²) in [6.45, 7) is 0. The van der Waals surface area contributed by atoms with Gasteiger partial charge < -0.3 is 11.5 Å². The van der Waals surface area contributed by atoms with Crippen molar-refractivity contribution >= 4 is 31.8 Å². The molecule has 126 valence electrons. The van der Waals surface area contributed by atoms with E-state index in [0.717, 1.165) is 32.7 Å². The van der Waals surface area contributed by atoms with Gasteiger partial charge in [-0.1, -0.05) is 60.7 Å². The number of benzene rings is 2. The molecule has 0 unspecified atom stereocenters. The highest BCUT2D eigenvalue weighted by Gasteiger charge is 2.20. The monoisotopic (exact) mass is 360 g/mol. The Balaban J connectivity index is 1.77. The molecule has 0 aliphatic heterocycles. The minimum absolute atomic E-state index is 0.218. The number of hydrogen-bond acceptors (Lipinski definition) is 6. The molecule has 0 heterocycles. The summed E-state index contributed by atoms with van der Waals surface area (Å²) in [7, 11) is 1.75. The second-order valence-electron chi connectivity index (χ2n) is 5.40. The molecule has 0 amide bonds. The van der Waals surface area contributed by atoms with Crippen molar-refractivity contribution in [3.05, 3.63) is 71.8 Å². The highest BCUT2D eigenvalue weighted by Crippen LogP contribution is 2.26. The van der Waals surface area contributed by atoms with Crippen molar-refractivity contribution in [1.82, 2.24) is 0 Å². The molecular formula is C18H20N2O2S2. The minimum Gasteiger partial charge on any atom is -0.320 e. The molecule has 0 aliphatic carbocycles. The van der Waals surface area contributed by atoms with Gasteiger partial charge in [0.05, 0.1) is 12.1 Å². The molecule has 24 heavy (non-hydrogen) atoms. The van der Waals surface area contributed by atoms with Gasteiger partial charge in [0.25, 0.3) is 0 Å². The van der Waals surface area contributed by atoms with Gasteiger partial charge in [0.1, 0.15) is 0 Å². The van der Waals surface area contributed by atoms with E-state index < -0.39 is 12.1 Å². The zero-order valence-corrected chi connectivity index (χ0v) is 14.8. The van der Waals surface area contributed by atoms with Crippen LogP contribution in [0.4, 0.5) is 0 Å². The molecule has 0 aliphatic rings. The molecular weight excluding hydrogens is 340 g/mol. The van der Waals surface area contributed by atoms with Gasteiger partial charge in [-0.25, -0.2) is 0 Å². The van der Waals surface area contributed by atoms with Crippen molar-refractivity contribution in [2.24, 2.45) is 11.5 Å². The topological polar surface area (TPSA) is 86.2 Å². The molecule has 0 aromatic heterocycles. The fourth-order valence-electron chi connectivity index (χ4n) is 2.11. The second kappa shape index (κ2) is 9.64. The summed E-state index contributed by atoms with van der Waals surface area (Å²) < 4.78 is 0. The van der Waals surface area contributed by atoms with Crippen LogP contribution >= 0.6 is 21.6 Å². The van der Waals surface area contributed by atoms with E-state index in [0.29, 0.717) is 12.8 Å². The highest BCUT2D eigenvalue weighted by atomic mass is 33.1. The Bertz CT molecular complexity index is 606. The van der Waals surface area contributed by atoms with Gasteiger partial charge in [0.2, 0.25) is 10.2 Å². The molecule has 0 fully saturated rings. The van der Waals surface area contributed by atoms with Crippen LogP contribution in [0.5, 0.6) is 0 Å². The summed E-state index contributed by atoms with van der Waals surface area (Å²) in [6, 6.07) is 17.9. The molecule has 6 heteroatoms. The third-order valence-corrected chi connectivity index (χ3v) is 5.66. The van der Waals surface area contributed by atoms with Gasteiger partial charge in [0, 0.05) is 0 Å². The van der Waals surface area contributed by atoms with Gasteiger partial charge >= 0.3 is 0 Å². The predicted molar refractivity (Wildman–Crippen MR) is 101 cm³/mol. The Morgan fingerprint density at radius 3 is 1.38 bits per heavy atom. The first-order valence-electron chi connectivity index (χ1n) is 7.57. The van der Waals surface area contributed by atoms with Crippen molar-refractivity contribution in [2.45, 2.75) is 24.9 Å². The van der Waals surface area contributed by atoms with Gasteiger partial charge in [-0.15, -0.1) is 0 Å². The summed E-state index contributed by atoms with van der Waals surface area (Å²) in [5.74, 6) is 0. The van der Waals surface area contributed by atoms with Crippen LogP contribution in [0, 0.1) is 0 Å². The number of carbonyl (C=O) groups is 2. The standard InChI is InChI=1S/C18H20N2O2S2/c19-15(11-13-7-3-1-4-8-13)17(21)23-24-18(22)16(20)12-14-9-5-2-6-10-14/h1-10,15-16H,11-12,19-20H2/t15-,16-/m0/s1. The van der Waals surface area contributed by atoms with E-state index in [1.807, 2.05) is 60.7 Å². The molecule has 2 rings (SSSR count). The molecule has 2 aromatic carbocycles. The number of carbonyl (C=O) groups excluding carboxylic acids is 2. The first-order valence-corrected chi connectivity index (χ1v) is 9.72. The molecule has 4 nitrogen and oxygen atoms in total. The van der Waals surface area contributed by atoms with Crippen LogP contribution in [0.25, 0.3) is 0 Å². The third kappa shape index (κ3) is 6.13. The van der Waals surface area contributed by atoms with E-state index in [-0.39, 0.29) is 10.2 Å². The van der Waals surface area contributed by atoms with E-state index in [4.69, 9.17) is 11.5 Å². The Hall–Kier alpha value is -1.60. The number of hydrogen-bond donors (Lipinski definition) is 2.